The van der Waals surface area contributed by atoms with Crippen molar-refractivity contribution in [2.24, 2.45) is 0 Å². The van der Waals surface area contributed by atoms with Crippen LogP contribution in [0.5, 0.6) is 0 Å². The van der Waals surface area contributed by atoms with Gasteiger partial charge in [0.05, 0.1) is 0 Å². The minimum atomic E-state index is -1.42. The van der Waals surface area contributed by atoms with E-state index in [0.29, 0.717) is 21.2 Å². The molecule has 2 aromatic carbocycles. The lowest BCUT2D eigenvalue weighted by Crippen LogP contribution is -2.36. The third-order valence-corrected chi connectivity index (χ3v) is 4.62. The van der Waals surface area contributed by atoms with Gasteiger partial charge in [0.2, 0.25) is 0 Å². The first-order chi connectivity index (χ1) is 11.3. The highest BCUT2D eigenvalue weighted by Crippen LogP contribution is 2.45. The van der Waals surface area contributed by atoms with Crippen molar-refractivity contribution in [2.45, 2.75) is 25.0 Å². The summed E-state index contributed by atoms with van der Waals surface area (Å²) in [4.78, 5) is 16.4. The first-order valence-corrected chi connectivity index (χ1v) is 8.06. The van der Waals surface area contributed by atoms with Gasteiger partial charge >= 0.3 is 5.71 Å². The van der Waals surface area contributed by atoms with Crippen molar-refractivity contribution in [3.63, 3.8) is 0 Å². The van der Waals surface area contributed by atoms with E-state index in [4.69, 9.17) is 27.9 Å². The number of ketones is 1. The van der Waals surface area contributed by atoms with Crippen LogP contribution < -0.4 is 0 Å². The Balaban J connectivity index is 2.30. The Morgan fingerprint density at radius 3 is 1.67 bits per heavy atom. The van der Waals surface area contributed by atoms with E-state index >= 15 is 0 Å². The molecule has 4 nitrogen and oxygen atoms in total. The van der Waals surface area contributed by atoms with Crippen LogP contribution in [0.4, 0.5) is 0 Å². The van der Waals surface area contributed by atoms with Crippen molar-refractivity contribution in [2.75, 3.05) is 0 Å². The lowest BCUT2D eigenvalue weighted by atomic mass is 9.82. The Labute approximate surface area is 149 Å². The zero-order valence-corrected chi connectivity index (χ0v) is 14.6. The van der Waals surface area contributed by atoms with Crippen LogP contribution in [0.3, 0.4) is 0 Å². The number of nitrogens with zero attached hydrogens (tertiary/aromatic N) is 2. The van der Waals surface area contributed by atoms with E-state index in [-0.39, 0.29) is 5.71 Å². The number of benzene rings is 2. The van der Waals surface area contributed by atoms with Crippen LogP contribution in [-0.4, -0.2) is 21.9 Å². The van der Waals surface area contributed by atoms with Gasteiger partial charge in [0.1, 0.15) is 0 Å². The average molecular weight is 361 g/mol. The van der Waals surface area contributed by atoms with E-state index in [1.54, 1.807) is 62.4 Å². The largest absolute Gasteiger partial charge is 0.369 e. The van der Waals surface area contributed by atoms with Crippen LogP contribution in [0.15, 0.2) is 48.5 Å². The number of hydrogen-bond acceptors (Lipinski definition) is 2. The molecule has 0 amide bonds. The Morgan fingerprint density at radius 1 is 0.917 bits per heavy atom. The van der Waals surface area contributed by atoms with Crippen LogP contribution in [0.25, 0.3) is 5.53 Å². The van der Waals surface area contributed by atoms with Gasteiger partial charge in [0, 0.05) is 10.0 Å². The molecule has 6 heteroatoms. The monoisotopic (exact) mass is 360 g/mol. The Morgan fingerprint density at radius 2 is 1.33 bits per heavy atom. The Bertz CT molecular complexity index is 806. The number of hydrogen-bond donors (Lipinski definition) is 0. The molecule has 1 heterocycles. The third-order valence-electron chi connectivity index (χ3n) is 4.11. The molecular weight excluding hydrogens is 347 g/mol. The van der Waals surface area contributed by atoms with Gasteiger partial charge in [-0.25, -0.2) is 0 Å². The van der Waals surface area contributed by atoms with Crippen LogP contribution in [0.2, 0.25) is 10.0 Å². The molecule has 0 atom stereocenters. The fourth-order valence-corrected chi connectivity index (χ4v) is 3.25. The Kier molecular flexibility index (Phi) is 4.10. The van der Waals surface area contributed by atoms with Gasteiger partial charge in [-0.3, -0.25) is 4.79 Å². The quantitative estimate of drug-likeness (QED) is 0.592. The molecule has 2 aromatic rings. The maximum Gasteiger partial charge on any atom is 0.369 e. The smallest absolute Gasteiger partial charge is 0.361 e. The second-order valence-corrected chi connectivity index (χ2v) is 6.96. The second kappa shape index (κ2) is 5.83. The highest BCUT2D eigenvalue weighted by Gasteiger charge is 2.63. The molecule has 0 aromatic heterocycles. The van der Waals surface area contributed by atoms with Gasteiger partial charge in [0.25, 0.3) is 5.78 Å². The highest BCUT2D eigenvalue weighted by atomic mass is 35.5. The van der Waals surface area contributed by atoms with E-state index in [1.165, 1.54) is 0 Å². The first-order valence-electron chi connectivity index (χ1n) is 7.31. The molecule has 0 spiro atoms. The van der Waals surface area contributed by atoms with Crippen molar-refractivity contribution in [3.8, 4) is 0 Å². The topological polar surface area (TPSA) is 62.7 Å². The van der Waals surface area contributed by atoms with Crippen LogP contribution in [0, 0.1) is 0 Å². The molecule has 0 aliphatic carbocycles. The summed E-state index contributed by atoms with van der Waals surface area (Å²) in [6.07, 6.45) is 0. The summed E-state index contributed by atoms with van der Waals surface area (Å²) in [5.41, 5.74) is 8.03. The number of halogens is 2. The SMILES string of the molecule is CC1(C)OC(c2ccc(Cl)cc2)(c2ccc(Cl)cc2)C(=O)C1=[N+]=[N-]. The van der Waals surface area contributed by atoms with Crippen molar-refractivity contribution >= 4 is 34.7 Å². The van der Waals surface area contributed by atoms with Gasteiger partial charge in [-0.15, -0.1) is 0 Å². The lowest BCUT2D eigenvalue weighted by molar-refractivity contribution is -0.132. The van der Waals surface area contributed by atoms with E-state index in [0.717, 1.165) is 0 Å². The average Bonchev–Trinajstić information content (AvgIpc) is 2.75. The normalized spacial score (nSPS) is 18.5. The number of ether oxygens (including phenoxy) is 1. The zero-order valence-electron chi connectivity index (χ0n) is 13.1. The van der Waals surface area contributed by atoms with Crippen LogP contribution >= 0.6 is 23.2 Å². The van der Waals surface area contributed by atoms with E-state index in [2.05, 4.69) is 4.79 Å². The van der Waals surface area contributed by atoms with Crippen molar-refractivity contribution in [3.05, 3.63) is 75.2 Å². The van der Waals surface area contributed by atoms with Crippen molar-refractivity contribution in [1.29, 1.82) is 0 Å². The molecule has 0 N–H and O–H groups in total. The van der Waals surface area contributed by atoms with Crippen LogP contribution in [0.1, 0.15) is 25.0 Å². The summed E-state index contributed by atoms with van der Waals surface area (Å²) in [6.45, 7) is 3.38. The standard InChI is InChI=1S/C18H14Cl2N2O2/c1-17(2)15(22-21)16(23)18(24-17,11-3-7-13(19)8-4-11)12-5-9-14(20)10-6-12/h3-10H,1-2H3. The fraction of sp³-hybridized carbons (Fsp3) is 0.222. The number of carbonyl (C=O) groups is 1. The summed E-state index contributed by atoms with van der Waals surface area (Å²) < 4.78 is 6.18. The van der Waals surface area contributed by atoms with E-state index in [1.807, 2.05) is 0 Å². The van der Waals surface area contributed by atoms with E-state index < -0.39 is 17.0 Å². The fourth-order valence-electron chi connectivity index (χ4n) is 3.00. The molecule has 0 saturated carbocycles. The molecule has 3 rings (SSSR count). The molecule has 122 valence electrons. The minimum Gasteiger partial charge on any atom is -0.361 e. The number of Topliss-reactive ketones (excluding diaryl/α,β-unsaturated/α-hetero) is 1. The van der Waals surface area contributed by atoms with Gasteiger partial charge in [-0.2, -0.15) is 4.79 Å². The zero-order chi connectivity index (χ0) is 17.5. The highest BCUT2D eigenvalue weighted by molar-refractivity contribution is 6.45. The van der Waals surface area contributed by atoms with Gasteiger partial charge in [-0.1, -0.05) is 47.5 Å². The predicted octanol–water partition coefficient (Wildman–Crippen LogP) is 4.29. The molecular formula is C18H14Cl2N2O2. The molecule has 1 aliphatic heterocycles. The maximum absolute atomic E-state index is 13.2. The summed E-state index contributed by atoms with van der Waals surface area (Å²) in [5, 5.41) is 1.09. The summed E-state index contributed by atoms with van der Waals surface area (Å²) in [7, 11) is 0. The summed E-state index contributed by atoms with van der Waals surface area (Å²) >= 11 is 11.9. The molecule has 24 heavy (non-hydrogen) atoms. The van der Waals surface area contributed by atoms with Crippen molar-refractivity contribution < 1.29 is 14.3 Å². The summed E-state index contributed by atoms with van der Waals surface area (Å²) in [5.74, 6) is -0.417. The molecule has 1 aliphatic rings. The molecule has 0 radical (unpaired) electrons. The molecule has 1 fully saturated rings. The first kappa shape index (κ1) is 16.9. The molecule has 1 saturated heterocycles. The van der Waals surface area contributed by atoms with E-state index in [9.17, 15) is 10.3 Å². The lowest BCUT2D eigenvalue weighted by Gasteiger charge is -2.29. The maximum atomic E-state index is 13.2. The van der Waals surface area contributed by atoms with Crippen molar-refractivity contribution in [1.82, 2.24) is 0 Å². The predicted molar refractivity (Wildman–Crippen MR) is 92.5 cm³/mol. The third kappa shape index (κ3) is 2.48. The number of rotatable bonds is 2. The molecule has 0 unspecified atom stereocenters. The second-order valence-electron chi connectivity index (χ2n) is 6.09. The van der Waals surface area contributed by atoms with Crippen LogP contribution in [-0.2, 0) is 15.1 Å². The Hall–Kier alpha value is -1.97. The number of carbonyl (C=O) groups excluding carboxylic acids is 1. The summed E-state index contributed by atoms with van der Waals surface area (Å²) in [6, 6.07) is 13.7. The van der Waals surface area contributed by atoms with Gasteiger partial charge in [-0.05, 0) is 49.2 Å². The van der Waals surface area contributed by atoms with Gasteiger partial charge < -0.3 is 10.3 Å². The minimum absolute atomic E-state index is 0.0348. The molecule has 0 bridgehead atoms. The van der Waals surface area contributed by atoms with Gasteiger partial charge in [0.15, 0.2) is 11.2 Å².